The second kappa shape index (κ2) is 8.02. The minimum atomic E-state index is -0.0584. The van der Waals surface area contributed by atoms with Gasteiger partial charge in [0.1, 0.15) is 0 Å². The molecular weight excluding hydrogens is 311 g/mol. The van der Waals surface area contributed by atoms with Gasteiger partial charge in [0.05, 0.1) is 12.4 Å². The van der Waals surface area contributed by atoms with Crippen LogP contribution in [0.3, 0.4) is 0 Å². The van der Waals surface area contributed by atoms with Gasteiger partial charge in [-0.05, 0) is 37.6 Å². The van der Waals surface area contributed by atoms with Gasteiger partial charge in [0, 0.05) is 23.8 Å². The van der Waals surface area contributed by atoms with E-state index in [9.17, 15) is 4.79 Å². The van der Waals surface area contributed by atoms with Crippen LogP contribution in [0.2, 0.25) is 0 Å². The Labute approximate surface area is 136 Å². The third-order valence-electron chi connectivity index (χ3n) is 3.29. The van der Waals surface area contributed by atoms with E-state index in [1.165, 1.54) is 0 Å². The topological polar surface area (TPSA) is 59.0 Å². The van der Waals surface area contributed by atoms with Crippen molar-refractivity contribution in [2.75, 3.05) is 11.9 Å². The van der Waals surface area contributed by atoms with Crippen molar-refractivity contribution in [2.45, 2.75) is 18.9 Å². The largest absolute Gasteiger partial charge is 0.325 e. The summed E-state index contributed by atoms with van der Waals surface area (Å²) in [5.41, 5.74) is 1.79. The molecule has 0 saturated carbocycles. The van der Waals surface area contributed by atoms with Gasteiger partial charge in [-0.3, -0.25) is 4.79 Å². The zero-order valence-electron chi connectivity index (χ0n) is 11.4. The van der Waals surface area contributed by atoms with Gasteiger partial charge in [-0.25, -0.2) is 4.98 Å². The molecule has 1 aliphatic rings. The summed E-state index contributed by atoms with van der Waals surface area (Å²) < 4.78 is 1.91. The van der Waals surface area contributed by atoms with Crippen molar-refractivity contribution in [3.63, 3.8) is 0 Å². The molecule has 1 amide bonds. The van der Waals surface area contributed by atoms with E-state index in [0.717, 1.165) is 30.8 Å². The molecule has 0 aliphatic carbocycles. The lowest BCUT2D eigenvalue weighted by molar-refractivity contribution is -0.117. The number of rotatable bonds is 3. The number of carbonyl (C=O) groups excluding carboxylic acids is 1. The Balaban J connectivity index is 0.00000110. The third-order valence-corrected chi connectivity index (χ3v) is 3.29. The van der Waals surface area contributed by atoms with Crippen LogP contribution >= 0.6 is 24.8 Å². The van der Waals surface area contributed by atoms with Crippen LogP contribution in [0.25, 0.3) is 5.69 Å². The number of hydrogen-bond donors (Lipinski definition) is 2. The van der Waals surface area contributed by atoms with Crippen LogP contribution in [0.4, 0.5) is 5.69 Å². The summed E-state index contributed by atoms with van der Waals surface area (Å²) in [5, 5.41) is 6.14. The number of amides is 1. The lowest BCUT2D eigenvalue weighted by atomic mass is 10.2. The number of benzene rings is 1. The van der Waals surface area contributed by atoms with Crippen molar-refractivity contribution in [3.05, 3.63) is 43.0 Å². The van der Waals surface area contributed by atoms with E-state index in [2.05, 4.69) is 15.6 Å². The maximum absolute atomic E-state index is 12.0. The molecule has 7 heteroatoms. The van der Waals surface area contributed by atoms with Gasteiger partial charge < -0.3 is 15.2 Å². The van der Waals surface area contributed by atoms with Crippen molar-refractivity contribution >= 4 is 36.4 Å². The van der Waals surface area contributed by atoms with E-state index in [-0.39, 0.29) is 36.8 Å². The fourth-order valence-electron chi connectivity index (χ4n) is 2.29. The van der Waals surface area contributed by atoms with Crippen molar-refractivity contribution in [1.82, 2.24) is 14.9 Å². The highest BCUT2D eigenvalue weighted by Crippen LogP contribution is 2.15. The Morgan fingerprint density at radius 2 is 2.24 bits per heavy atom. The highest BCUT2D eigenvalue weighted by atomic mass is 35.5. The van der Waals surface area contributed by atoms with Gasteiger partial charge in [0.2, 0.25) is 5.91 Å². The summed E-state index contributed by atoms with van der Waals surface area (Å²) in [6, 6.07) is 7.68. The number of carbonyl (C=O) groups is 1. The smallest absolute Gasteiger partial charge is 0.241 e. The van der Waals surface area contributed by atoms with E-state index in [0.29, 0.717) is 0 Å². The maximum atomic E-state index is 12.0. The Hall–Kier alpha value is -1.56. The van der Waals surface area contributed by atoms with Crippen LogP contribution in [0.15, 0.2) is 43.0 Å². The second-order valence-corrected chi connectivity index (χ2v) is 4.66. The minimum Gasteiger partial charge on any atom is -0.325 e. The Morgan fingerprint density at radius 3 is 2.90 bits per heavy atom. The van der Waals surface area contributed by atoms with Gasteiger partial charge >= 0.3 is 0 Å². The summed E-state index contributed by atoms with van der Waals surface area (Å²) in [4.78, 5) is 16.0. The molecule has 1 fully saturated rings. The molecule has 3 rings (SSSR count). The average Bonchev–Trinajstić information content (AvgIpc) is 3.13. The van der Waals surface area contributed by atoms with Crippen LogP contribution in [0, 0.1) is 0 Å². The summed E-state index contributed by atoms with van der Waals surface area (Å²) in [6.45, 7) is 0.924. The summed E-state index contributed by atoms with van der Waals surface area (Å²) in [6.07, 6.45) is 7.31. The van der Waals surface area contributed by atoms with Crippen LogP contribution in [0.5, 0.6) is 0 Å². The normalized spacial score (nSPS) is 16.7. The van der Waals surface area contributed by atoms with Crippen LogP contribution in [-0.4, -0.2) is 28.0 Å². The van der Waals surface area contributed by atoms with Gasteiger partial charge in [-0.1, -0.05) is 6.07 Å². The molecule has 1 aromatic heterocycles. The van der Waals surface area contributed by atoms with E-state index < -0.39 is 0 Å². The molecule has 5 nitrogen and oxygen atoms in total. The molecule has 0 spiro atoms. The number of nitrogens with zero attached hydrogens (tertiary/aromatic N) is 2. The average molecular weight is 329 g/mol. The van der Waals surface area contributed by atoms with E-state index in [1.54, 1.807) is 12.5 Å². The molecule has 1 aromatic carbocycles. The number of nitrogens with one attached hydrogen (secondary N) is 2. The van der Waals surface area contributed by atoms with Crippen molar-refractivity contribution in [3.8, 4) is 5.69 Å². The monoisotopic (exact) mass is 328 g/mol. The van der Waals surface area contributed by atoms with Crippen molar-refractivity contribution in [2.24, 2.45) is 0 Å². The van der Waals surface area contributed by atoms with E-state index in [1.807, 2.05) is 35.0 Å². The molecule has 114 valence electrons. The highest BCUT2D eigenvalue weighted by molar-refractivity contribution is 5.95. The first kappa shape index (κ1) is 17.5. The highest BCUT2D eigenvalue weighted by Gasteiger charge is 2.21. The van der Waals surface area contributed by atoms with Gasteiger partial charge in [0.15, 0.2) is 0 Å². The molecule has 0 radical (unpaired) electrons. The minimum absolute atomic E-state index is 0. The second-order valence-electron chi connectivity index (χ2n) is 4.66. The predicted octanol–water partition coefficient (Wildman–Crippen LogP) is 2.41. The molecule has 1 aliphatic heterocycles. The molecule has 2 heterocycles. The Kier molecular flexibility index (Phi) is 6.68. The van der Waals surface area contributed by atoms with Crippen molar-refractivity contribution < 1.29 is 4.79 Å². The third kappa shape index (κ3) is 4.20. The molecule has 21 heavy (non-hydrogen) atoms. The molecule has 2 aromatic rings. The fourth-order valence-corrected chi connectivity index (χ4v) is 2.29. The fraction of sp³-hybridized carbons (Fsp3) is 0.286. The molecule has 1 atom stereocenters. The first-order valence-electron chi connectivity index (χ1n) is 6.45. The molecule has 0 unspecified atom stereocenters. The van der Waals surface area contributed by atoms with Crippen molar-refractivity contribution in [1.29, 1.82) is 0 Å². The van der Waals surface area contributed by atoms with Gasteiger partial charge in [0.25, 0.3) is 0 Å². The lowest BCUT2D eigenvalue weighted by Gasteiger charge is -2.12. The Morgan fingerprint density at radius 1 is 1.38 bits per heavy atom. The zero-order chi connectivity index (χ0) is 13.1. The first-order valence-corrected chi connectivity index (χ1v) is 6.45. The van der Waals surface area contributed by atoms with E-state index in [4.69, 9.17) is 0 Å². The molecular formula is C14H18Cl2N4O. The predicted molar refractivity (Wildman–Crippen MR) is 87.7 cm³/mol. The van der Waals surface area contributed by atoms with Gasteiger partial charge in [-0.2, -0.15) is 0 Å². The maximum Gasteiger partial charge on any atom is 0.241 e. The van der Waals surface area contributed by atoms with Gasteiger partial charge in [-0.15, -0.1) is 24.8 Å². The lowest BCUT2D eigenvalue weighted by Crippen LogP contribution is -2.35. The first-order chi connectivity index (χ1) is 9.33. The van der Waals surface area contributed by atoms with Crippen LogP contribution in [0.1, 0.15) is 12.8 Å². The molecule has 2 N–H and O–H groups in total. The number of anilines is 1. The number of imidazole rings is 1. The number of halogens is 2. The SMILES string of the molecule is Cl.Cl.O=C(Nc1cccc(-n2ccnc2)c1)[C@@H]1CCCN1. The molecule has 0 bridgehead atoms. The summed E-state index contributed by atoms with van der Waals surface area (Å²) in [5.74, 6) is 0.0419. The van der Waals surface area contributed by atoms with E-state index >= 15 is 0 Å². The standard InChI is InChI=1S/C14H16N4O.2ClH/c19-14(13-5-2-6-16-13)17-11-3-1-4-12(9-11)18-8-7-15-10-18;;/h1,3-4,7-10,13,16H,2,5-6H2,(H,17,19);2*1H/t13-;;/m0../s1. The zero-order valence-corrected chi connectivity index (χ0v) is 13.0. The summed E-state index contributed by atoms with van der Waals surface area (Å²) >= 11 is 0. The quantitative estimate of drug-likeness (QED) is 0.909. The Bertz CT molecular complexity index is 568. The van der Waals surface area contributed by atoms with Crippen LogP contribution < -0.4 is 10.6 Å². The van der Waals surface area contributed by atoms with Crippen LogP contribution in [-0.2, 0) is 4.79 Å². The number of aromatic nitrogens is 2. The summed E-state index contributed by atoms with van der Waals surface area (Å²) in [7, 11) is 0. The number of hydrogen-bond acceptors (Lipinski definition) is 3. The molecule has 1 saturated heterocycles.